The largest absolute Gasteiger partial charge is 0.339 e. The second-order valence-electron chi connectivity index (χ2n) is 4.41. The number of carbonyl (C=O) groups excluding carboxylic acids is 1. The van der Waals surface area contributed by atoms with Crippen molar-refractivity contribution in [2.45, 2.75) is 19.8 Å². The molecule has 1 aliphatic rings. The van der Waals surface area contributed by atoms with Gasteiger partial charge in [0.1, 0.15) is 0 Å². The summed E-state index contributed by atoms with van der Waals surface area (Å²) in [7, 11) is 0. The van der Waals surface area contributed by atoms with Crippen LogP contribution >= 0.6 is 27.5 Å². The molecule has 0 aromatic heterocycles. The van der Waals surface area contributed by atoms with Crippen LogP contribution in [0.3, 0.4) is 0 Å². The molecule has 2 nitrogen and oxygen atoms in total. The third kappa shape index (κ3) is 3.23. The molecular weight excluding hydrogens is 302 g/mol. The molecule has 0 bridgehead atoms. The Labute approximate surface area is 115 Å². The lowest BCUT2D eigenvalue weighted by atomic mass is 10.2. The van der Waals surface area contributed by atoms with Gasteiger partial charge in [-0.05, 0) is 59.8 Å². The van der Waals surface area contributed by atoms with Crippen LogP contribution in [0.25, 0.3) is 0 Å². The molecule has 0 saturated heterocycles. The van der Waals surface area contributed by atoms with Gasteiger partial charge >= 0.3 is 0 Å². The number of amides is 1. The maximum Gasteiger partial charge on any atom is 0.254 e. The zero-order valence-electron chi connectivity index (χ0n) is 9.75. The molecule has 0 aliphatic heterocycles. The second-order valence-corrected chi connectivity index (χ2v) is 5.70. The molecule has 4 heteroatoms. The van der Waals surface area contributed by atoms with E-state index in [1.165, 1.54) is 12.8 Å². The summed E-state index contributed by atoms with van der Waals surface area (Å²) in [6.45, 7) is 3.65. The monoisotopic (exact) mass is 315 g/mol. The SMILES string of the molecule is CCN(CC1CC1)C(=O)c1ccc(Cl)cc1Br. The van der Waals surface area contributed by atoms with Gasteiger partial charge in [0.15, 0.2) is 0 Å². The second kappa shape index (κ2) is 5.40. The lowest BCUT2D eigenvalue weighted by molar-refractivity contribution is 0.0756. The van der Waals surface area contributed by atoms with E-state index in [1.807, 2.05) is 11.8 Å². The Balaban J connectivity index is 2.15. The molecule has 0 heterocycles. The summed E-state index contributed by atoms with van der Waals surface area (Å²) in [6.07, 6.45) is 2.51. The number of benzene rings is 1. The first-order valence-corrected chi connectivity index (χ1v) is 7.03. The molecule has 17 heavy (non-hydrogen) atoms. The van der Waals surface area contributed by atoms with Crippen molar-refractivity contribution in [3.8, 4) is 0 Å². The van der Waals surface area contributed by atoms with E-state index in [9.17, 15) is 4.79 Å². The molecule has 0 N–H and O–H groups in total. The van der Waals surface area contributed by atoms with Crippen molar-refractivity contribution in [2.75, 3.05) is 13.1 Å². The van der Waals surface area contributed by atoms with Gasteiger partial charge in [-0.25, -0.2) is 0 Å². The maximum absolute atomic E-state index is 12.3. The summed E-state index contributed by atoms with van der Waals surface area (Å²) in [5.74, 6) is 0.799. The quantitative estimate of drug-likeness (QED) is 0.823. The van der Waals surface area contributed by atoms with Crippen LogP contribution in [0.5, 0.6) is 0 Å². The minimum absolute atomic E-state index is 0.0861. The highest BCUT2D eigenvalue weighted by molar-refractivity contribution is 9.10. The van der Waals surface area contributed by atoms with Gasteiger partial charge in [0.2, 0.25) is 0 Å². The van der Waals surface area contributed by atoms with Crippen LogP contribution in [0.15, 0.2) is 22.7 Å². The molecule has 0 atom stereocenters. The fourth-order valence-corrected chi connectivity index (χ4v) is 2.65. The molecule has 1 aliphatic carbocycles. The Bertz CT molecular complexity index is 431. The zero-order valence-corrected chi connectivity index (χ0v) is 12.1. The molecule has 1 saturated carbocycles. The van der Waals surface area contributed by atoms with Crippen molar-refractivity contribution in [1.29, 1.82) is 0 Å². The van der Waals surface area contributed by atoms with E-state index < -0.39 is 0 Å². The van der Waals surface area contributed by atoms with Crippen LogP contribution in [0.1, 0.15) is 30.1 Å². The predicted octanol–water partition coefficient (Wildman–Crippen LogP) is 3.97. The van der Waals surface area contributed by atoms with Crippen LogP contribution in [0.4, 0.5) is 0 Å². The highest BCUT2D eigenvalue weighted by Crippen LogP contribution is 2.31. The van der Waals surface area contributed by atoms with E-state index in [1.54, 1.807) is 18.2 Å². The van der Waals surface area contributed by atoms with E-state index in [2.05, 4.69) is 15.9 Å². The summed E-state index contributed by atoms with van der Waals surface area (Å²) in [6, 6.07) is 5.30. The molecule has 0 unspecified atom stereocenters. The summed E-state index contributed by atoms with van der Waals surface area (Å²) in [5, 5.41) is 0.638. The summed E-state index contributed by atoms with van der Waals surface area (Å²) in [5.41, 5.74) is 0.692. The van der Waals surface area contributed by atoms with Crippen LogP contribution < -0.4 is 0 Å². The number of carbonyl (C=O) groups is 1. The molecule has 2 rings (SSSR count). The van der Waals surface area contributed by atoms with Gasteiger partial charge in [-0.1, -0.05) is 11.6 Å². The van der Waals surface area contributed by atoms with Crippen LogP contribution in [-0.4, -0.2) is 23.9 Å². The highest BCUT2D eigenvalue weighted by atomic mass is 79.9. The Kier molecular flexibility index (Phi) is 4.10. The molecule has 1 fully saturated rings. The van der Waals surface area contributed by atoms with E-state index in [0.717, 1.165) is 17.6 Å². The van der Waals surface area contributed by atoms with Gasteiger partial charge < -0.3 is 4.90 Å². The third-order valence-corrected chi connectivity index (χ3v) is 3.90. The van der Waals surface area contributed by atoms with E-state index in [4.69, 9.17) is 11.6 Å². The first-order chi connectivity index (χ1) is 8.11. The Morgan fingerprint density at radius 3 is 2.76 bits per heavy atom. The number of halogens is 2. The average Bonchev–Trinajstić information content (AvgIpc) is 3.09. The lowest BCUT2D eigenvalue weighted by Crippen LogP contribution is -2.32. The van der Waals surface area contributed by atoms with Crippen LogP contribution in [0, 0.1) is 5.92 Å². The van der Waals surface area contributed by atoms with Gasteiger partial charge in [0.25, 0.3) is 5.91 Å². The topological polar surface area (TPSA) is 20.3 Å². The van der Waals surface area contributed by atoms with Crippen LogP contribution in [-0.2, 0) is 0 Å². The first kappa shape index (κ1) is 12.9. The van der Waals surface area contributed by atoms with E-state index in [0.29, 0.717) is 16.5 Å². The number of nitrogens with zero attached hydrogens (tertiary/aromatic N) is 1. The Morgan fingerprint density at radius 1 is 1.53 bits per heavy atom. The molecular formula is C13H15BrClNO. The summed E-state index contributed by atoms with van der Waals surface area (Å²) in [4.78, 5) is 14.2. The molecule has 0 spiro atoms. The Hall–Kier alpha value is -0.540. The molecule has 1 aromatic rings. The standard InChI is InChI=1S/C13H15BrClNO/c1-2-16(8-9-3-4-9)13(17)11-6-5-10(15)7-12(11)14/h5-7,9H,2-4,8H2,1H3. The maximum atomic E-state index is 12.3. The smallest absolute Gasteiger partial charge is 0.254 e. The van der Waals surface area contributed by atoms with Gasteiger partial charge in [0.05, 0.1) is 5.56 Å². The van der Waals surface area contributed by atoms with Gasteiger partial charge in [-0.15, -0.1) is 0 Å². The summed E-state index contributed by atoms with van der Waals surface area (Å²) >= 11 is 9.27. The van der Waals surface area contributed by atoms with Crippen molar-refractivity contribution < 1.29 is 4.79 Å². The fraction of sp³-hybridized carbons (Fsp3) is 0.462. The van der Waals surface area contributed by atoms with Gasteiger partial charge in [-0.3, -0.25) is 4.79 Å². The van der Waals surface area contributed by atoms with Crippen molar-refractivity contribution in [1.82, 2.24) is 4.90 Å². The molecule has 1 amide bonds. The lowest BCUT2D eigenvalue weighted by Gasteiger charge is -2.21. The Morgan fingerprint density at radius 2 is 2.24 bits per heavy atom. The fourth-order valence-electron chi connectivity index (χ4n) is 1.80. The zero-order chi connectivity index (χ0) is 12.4. The minimum Gasteiger partial charge on any atom is -0.339 e. The van der Waals surface area contributed by atoms with Crippen molar-refractivity contribution in [3.63, 3.8) is 0 Å². The minimum atomic E-state index is 0.0861. The average molecular weight is 317 g/mol. The van der Waals surface area contributed by atoms with Crippen molar-refractivity contribution >= 4 is 33.4 Å². The number of hydrogen-bond acceptors (Lipinski definition) is 1. The third-order valence-electron chi connectivity index (χ3n) is 3.01. The first-order valence-electron chi connectivity index (χ1n) is 5.86. The molecule has 92 valence electrons. The van der Waals surface area contributed by atoms with Gasteiger partial charge in [-0.2, -0.15) is 0 Å². The molecule has 1 aromatic carbocycles. The predicted molar refractivity (Wildman–Crippen MR) is 73.5 cm³/mol. The number of hydrogen-bond donors (Lipinski definition) is 0. The van der Waals surface area contributed by atoms with Crippen molar-refractivity contribution in [2.24, 2.45) is 5.92 Å². The molecule has 0 radical (unpaired) electrons. The van der Waals surface area contributed by atoms with Crippen LogP contribution in [0.2, 0.25) is 5.02 Å². The highest BCUT2D eigenvalue weighted by Gasteiger charge is 2.27. The van der Waals surface area contributed by atoms with Gasteiger partial charge in [0, 0.05) is 22.6 Å². The normalized spacial score (nSPS) is 14.8. The van der Waals surface area contributed by atoms with E-state index >= 15 is 0 Å². The van der Waals surface area contributed by atoms with E-state index in [-0.39, 0.29) is 5.91 Å². The van der Waals surface area contributed by atoms with Crippen molar-refractivity contribution in [3.05, 3.63) is 33.3 Å². The number of rotatable bonds is 4. The summed E-state index contributed by atoms with van der Waals surface area (Å²) < 4.78 is 0.768.